The van der Waals surface area contributed by atoms with Crippen molar-refractivity contribution < 1.29 is 5.11 Å². The van der Waals surface area contributed by atoms with Crippen LogP contribution in [0.15, 0.2) is 0 Å². The summed E-state index contributed by atoms with van der Waals surface area (Å²) in [6.07, 6.45) is 13.8. The number of hydrogen-bond acceptors (Lipinski definition) is 3. The van der Waals surface area contributed by atoms with Crippen LogP contribution in [0.1, 0.15) is 70.6 Å². The zero-order chi connectivity index (χ0) is 15.3. The van der Waals surface area contributed by atoms with Gasteiger partial charge in [0.15, 0.2) is 0 Å². The smallest absolute Gasteiger partial charge is 0.0681 e. The van der Waals surface area contributed by atoms with Crippen molar-refractivity contribution in [1.29, 1.82) is 0 Å². The van der Waals surface area contributed by atoms with Gasteiger partial charge in [-0.25, -0.2) is 0 Å². The summed E-state index contributed by atoms with van der Waals surface area (Å²) in [4.78, 5) is 0. The molecule has 0 aromatic carbocycles. The zero-order valence-corrected chi connectivity index (χ0v) is 14.3. The van der Waals surface area contributed by atoms with E-state index in [0.29, 0.717) is 5.92 Å². The Kier molecular flexibility index (Phi) is 6.17. The molecule has 3 nitrogen and oxygen atoms in total. The Morgan fingerprint density at radius 1 is 0.682 bits per heavy atom. The predicted octanol–water partition coefficient (Wildman–Crippen LogP) is 3.08. The molecule has 0 bridgehead atoms. The molecule has 0 aromatic heterocycles. The summed E-state index contributed by atoms with van der Waals surface area (Å²) >= 11 is 0. The molecule has 3 rings (SSSR count). The zero-order valence-electron chi connectivity index (χ0n) is 14.3. The average Bonchev–Trinajstić information content (AvgIpc) is 2.57. The van der Waals surface area contributed by atoms with E-state index in [1.807, 2.05) is 0 Å². The highest BCUT2D eigenvalue weighted by atomic mass is 16.3. The third kappa shape index (κ3) is 4.46. The first-order chi connectivity index (χ1) is 10.8. The van der Waals surface area contributed by atoms with Crippen LogP contribution in [0.5, 0.6) is 0 Å². The monoisotopic (exact) mass is 308 g/mol. The van der Waals surface area contributed by atoms with Crippen LogP contribution in [0.4, 0.5) is 0 Å². The molecule has 1 saturated carbocycles. The van der Waals surface area contributed by atoms with Crippen molar-refractivity contribution in [2.45, 2.75) is 76.2 Å². The Bertz CT molecular complexity index is 295. The molecule has 0 amide bonds. The SMILES string of the molecule is OC(CC1CCNCC1)(CC1CCNCC1)C1CCCCC1. The van der Waals surface area contributed by atoms with Crippen LogP contribution < -0.4 is 10.6 Å². The minimum absolute atomic E-state index is 0.371. The summed E-state index contributed by atoms with van der Waals surface area (Å²) in [7, 11) is 0. The van der Waals surface area contributed by atoms with Crippen LogP contribution >= 0.6 is 0 Å². The average molecular weight is 309 g/mol. The van der Waals surface area contributed by atoms with Crippen molar-refractivity contribution >= 4 is 0 Å². The molecule has 0 unspecified atom stereocenters. The fraction of sp³-hybridized carbons (Fsp3) is 1.00. The van der Waals surface area contributed by atoms with Gasteiger partial charge in [-0.1, -0.05) is 19.3 Å². The maximum Gasteiger partial charge on any atom is 0.0681 e. The van der Waals surface area contributed by atoms with Gasteiger partial charge in [-0.3, -0.25) is 0 Å². The Labute approximate surface area is 136 Å². The minimum Gasteiger partial charge on any atom is -0.390 e. The molecule has 3 N–H and O–H groups in total. The van der Waals surface area contributed by atoms with Crippen LogP contribution in [0.2, 0.25) is 0 Å². The largest absolute Gasteiger partial charge is 0.390 e. The summed E-state index contributed by atoms with van der Waals surface area (Å²) in [5, 5.41) is 18.6. The maximum absolute atomic E-state index is 11.7. The first-order valence-corrected chi connectivity index (χ1v) is 9.90. The quantitative estimate of drug-likeness (QED) is 0.731. The molecule has 2 heterocycles. The van der Waals surface area contributed by atoms with Crippen LogP contribution in [-0.2, 0) is 0 Å². The van der Waals surface area contributed by atoms with Crippen molar-refractivity contribution in [3.63, 3.8) is 0 Å². The predicted molar refractivity (Wildman–Crippen MR) is 91.9 cm³/mol. The summed E-state index contributed by atoms with van der Waals surface area (Å²) < 4.78 is 0. The van der Waals surface area contributed by atoms with Crippen LogP contribution in [-0.4, -0.2) is 36.9 Å². The Morgan fingerprint density at radius 3 is 1.59 bits per heavy atom. The lowest BCUT2D eigenvalue weighted by Gasteiger charge is -2.44. The van der Waals surface area contributed by atoms with Crippen LogP contribution in [0, 0.1) is 17.8 Å². The second-order valence-corrected chi connectivity index (χ2v) is 8.23. The van der Waals surface area contributed by atoms with E-state index in [4.69, 9.17) is 0 Å². The second kappa shape index (κ2) is 8.12. The first kappa shape index (κ1) is 16.7. The minimum atomic E-state index is -0.371. The highest BCUT2D eigenvalue weighted by Gasteiger charge is 2.40. The Morgan fingerprint density at radius 2 is 1.14 bits per heavy atom. The van der Waals surface area contributed by atoms with Crippen LogP contribution in [0.25, 0.3) is 0 Å². The molecule has 22 heavy (non-hydrogen) atoms. The fourth-order valence-electron chi connectivity index (χ4n) is 5.23. The number of rotatable bonds is 5. The summed E-state index contributed by atoms with van der Waals surface area (Å²) in [6.45, 7) is 4.61. The lowest BCUT2D eigenvalue weighted by Crippen LogP contribution is -2.45. The van der Waals surface area contributed by atoms with Gasteiger partial charge in [0.1, 0.15) is 0 Å². The molecule has 0 radical (unpaired) electrons. The molecule has 3 heteroatoms. The van der Waals surface area contributed by atoms with Gasteiger partial charge in [0.2, 0.25) is 0 Å². The third-order valence-corrected chi connectivity index (χ3v) is 6.57. The van der Waals surface area contributed by atoms with E-state index in [9.17, 15) is 5.11 Å². The number of hydrogen-bond donors (Lipinski definition) is 3. The van der Waals surface area contributed by atoms with E-state index in [1.54, 1.807) is 0 Å². The van der Waals surface area contributed by atoms with Crippen molar-refractivity contribution in [2.24, 2.45) is 17.8 Å². The first-order valence-electron chi connectivity index (χ1n) is 9.90. The normalized spacial score (nSPS) is 27.1. The van der Waals surface area contributed by atoms with Crippen molar-refractivity contribution in [3.05, 3.63) is 0 Å². The van der Waals surface area contributed by atoms with E-state index < -0.39 is 0 Å². The number of piperidine rings is 2. The van der Waals surface area contributed by atoms with Gasteiger partial charge >= 0.3 is 0 Å². The molecular weight excluding hydrogens is 272 g/mol. The fourth-order valence-corrected chi connectivity index (χ4v) is 5.23. The lowest BCUT2D eigenvalue weighted by molar-refractivity contribution is -0.0741. The number of nitrogens with one attached hydrogen (secondary N) is 2. The van der Waals surface area contributed by atoms with Gasteiger partial charge in [-0.2, -0.15) is 0 Å². The maximum atomic E-state index is 11.7. The van der Waals surface area contributed by atoms with Gasteiger partial charge in [0, 0.05) is 0 Å². The topological polar surface area (TPSA) is 44.3 Å². The van der Waals surface area contributed by atoms with Crippen molar-refractivity contribution in [2.75, 3.05) is 26.2 Å². The molecule has 3 aliphatic rings. The van der Waals surface area contributed by atoms with E-state index in [-0.39, 0.29) is 5.60 Å². The highest BCUT2D eigenvalue weighted by molar-refractivity contribution is 4.93. The molecule has 128 valence electrons. The van der Waals surface area contributed by atoms with Gasteiger partial charge in [-0.15, -0.1) is 0 Å². The van der Waals surface area contributed by atoms with Crippen molar-refractivity contribution in [1.82, 2.24) is 10.6 Å². The second-order valence-electron chi connectivity index (χ2n) is 8.23. The van der Waals surface area contributed by atoms with Crippen LogP contribution in [0.3, 0.4) is 0 Å². The molecule has 2 aliphatic heterocycles. The highest BCUT2D eigenvalue weighted by Crippen LogP contribution is 2.42. The molecule has 0 aromatic rings. The third-order valence-electron chi connectivity index (χ3n) is 6.57. The molecule has 3 fully saturated rings. The lowest BCUT2D eigenvalue weighted by atomic mass is 9.67. The Balaban J connectivity index is 1.64. The molecular formula is C19H36N2O. The standard InChI is InChI=1S/C19H36N2O/c22-19(18-4-2-1-3-5-18,14-16-6-10-20-11-7-16)15-17-8-12-21-13-9-17/h16-18,20-22H,1-15H2. The van der Waals surface area contributed by atoms with E-state index in [2.05, 4.69) is 10.6 Å². The molecule has 1 aliphatic carbocycles. The van der Waals surface area contributed by atoms with Gasteiger partial charge < -0.3 is 15.7 Å². The number of aliphatic hydroxyl groups is 1. The van der Waals surface area contributed by atoms with E-state index in [0.717, 1.165) is 50.9 Å². The van der Waals surface area contributed by atoms with Crippen molar-refractivity contribution in [3.8, 4) is 0 Å². The summed E-state index contributed by atoms with van der Waals surface area (Å²) in [5.41, 5.74) is -0.371. The molecule has 2 saturated heterocycles. The summed E-state index contributed by atoms with van der Waals surface area (Å²) in [6, 6.07) is 0. The molecule has 0 atom stereocenters. The van der Waals surface area contributed by atoms with E-state index >= 15 is 0 Å². The van der Waals surface area contributed by atoms with Gasteiger partial charge in [0.05, 0.1) is 5.60 Å². The van der Waals surface area contributed by atoms with Gasteiger partial charge in [-0.05, 0) is 95.3 Å². The Hall–Kier alpha value is -0.120. The summed E-state index contributed by atoms with van der Waals surface area (Å²) in [5.74, 6) is 2.07. The molecule has 0 spiro atoms. The van der Waals surface area contributed by atoms with E-state index in [1.165, 1.54) is 57.8 Å². The van der Waals surface area contributed by atoms with Gasteiger partial charge in [0.25, 0.3) is 0 Å².